The van der Waals surface area contributed by atoms with Crippen molar-refractivity contribution in [3.63, 3.8) is 0 Å². The van der Waals surface area contributed by atoms with Crippen LogP contribution in [0.3, 0.4) is 0 Å². The number of hydrogen-bond acceptors (Lipinski definition) is 3. The molecule has 0 aliphatic rings. The highest BCUT2D eigenvalue weighted by Crippen LogP contribution is 2.30. The van der Waals surface area contributed by atoms with Gasteiger partial charge in [-0.3, -0.25) is 0 Å². The van der Waals surface area contributed by atoms with E-state index in [1.165, 1.54) is 6.07 Å². The van der Waals surface area contributed by atoms with Crippen LogP contribution in [-0.4, -0.2) is 21.3 Å². The summed E-state index contributed by atoms with van der Waals surface area (Å²) in [5.74, 6) is 0.373. The molecule has 0 aliphatic carbocycles. The fraction of sp³-hybridized carbons (Fsp3) is 0.357. The number of rotatable bonds is 6. The third-order valence-electron chi connectivity index (χ3n) is 2.89. The molecule has 0 aliphatic heterocycles. The van der Waals surface area contributed by atoms with Crippen molar-refractivity contribution in [2.45, 2.75) is 32.6 Å². The van der Waals surface area contributed by atoms with Crippen LogP contribution >= 0.6 is 0 Å². The van der Waals surface area contributed by atoms with Gasteiger partial charge in [0.15, 0.2) is 0 Å². The smallest absolute Gasteiger partial charge is 0.387 e. The number of ether oxygens (including phenoxy) is 1. The van der Waals surface area contributed by atoms with Crippen molar-refractivity contribution in [2.75, 3.05) is 0 Å². The SMILES string of the molecule is CCCn1ccnc1C(O)c1ccccc1OC(F)F. The predicted octanol–water partition coefficient (Wildman–Crippen LogP) is 2.98. The Morgan fingerprint density at radius 3 is 2.80 bits per heavy atom. The van der Waals surface area contributed by atoms with Gasteiger partial charge in [0.05, 0.1) is 0 Å². The van der Waals surface area contributed by atoms with Crippen LogP contribution in [0.15, 0.2) is 36.7 Å². The molecule has 1 heterocycles. The maximum Gasteiger partial charge on any atom is 0.387 e. The number of nitrogens with zero attached hydrogens (tertiary/aromatic N) is 2. The summed E-state index contributed by atoms with van der Waals surface area (Å²) in [6, 6.07) is 6.18. The van der Waals surface area contributed by atoms with Gasteiger partial charge in [-0.15, -0.1) is 0 Å². The quantitative estimate of drug-likeness (QED) is 0.886. The van der Waals surface area contributed by atoms with Gasteiger partial charge in [-0.1, -0.05) is 25.1 Å². The number of aryl methyl sites for hydroxylation is 1. The van der Waals surface area contributed by atoms with E-state index < -0.39 is 12.7 Å². The second kappa shape index (κ2) is 6.47. The Bertz CT molecular complexity index is 558. The number of aromatic nitrogens is 2. The van der Waals surface area contributed by atoms with E-state index in [9.17, 15) is 13.9 Å². The number of hydrogen-bond donors (Lipinski definition) is 1. The number of benzene rings is 1. The topological polar surface area (TPSA) is 47.3 Å². The standard InChI is InChI=1S/C14H16F2N2O2/c1-2-8-18-9-7-17-13(18)12(19)10-5-3-4-6-11(10)20-14(15)16/h3-7,9,12,14,19H,2,8H2,1H3. The molecule has 2 rings (SSSR count). The van der Waals surface area contributed by atoms with Crippen molar-refractivity contribution in [3.8, 4) is 5.75 Å². The van der Waals surface area contributed by atoms with Crippen LogP contribution < -0.4 is 4.74 Å². The van der Waals surface area contributed by atoms with Crippen molar-refractivity contribution in [1.29, 1.82) is 0 Å². The van der Waals surface area contributed by atoms with Gasteiger partial charge in [0.25, 0.3) is 0 Å². The third-order valence-corrected chi connectivity index (χ3v) is 2.89. The van der Waals surface area contributed by atoms with Gasteiger partial charge < -0.3 is 14.4 Å². The lowest BCUT2D eigenvalue weighted by molar-refractivity contribution is -0.0513. The average molecular weight is 282 g/mol. The molecular weight excluding hydrogens is 266 g/mol. The maximum atomic E-state index is 12.4. The van der Waals surface area contributed by atoms with Crippen LogP contribution in [0.25, 0.3) is 0 Å². The fourth-order valence-corrected chi connectivity index (χ4v) is 2.05. The average Bonchev–Trinajstić information content (AvgIpc) is 2.86. The molecule has 108 valence electrons. The van der Waals surface area contributed by atoms with Crippen LogP contribution in [0.4, 0.5) is 8.78 Å². The highest BCUT2D eigenvalue weighted by Gasteiger charge is 2.21. The van der Waals surface area contributed by atoms with E-state index in [-0.39, 0.29) is 11.3 Å². The minimum absolute atomic E-state index is 0.0407. The van der Waals surface area contributed by atoms with E-state index in [2.05, 4.69) is 9.72 Å². The van der Waals surface area contributed by atoms with Crippen LogP contribution in [-0.2, 0) is 6.54 Å². The van der Waals surface area contributed by atoms with Gasteiger partial charge in [-0.25, -0.2) is 4.98 Å². The number of aliphatic hydroxyl groups is 1. The third kappa shape index (κ3) is 3.14. The van der Waals surface area contributed by atoms with Gasteiger partial charge in [-0.2, -0.15) is 8.78 Å². The zero-order valence-corrected chi connectivity index (χ0v) is 11.0. The lowest BCUT2D eigenvalue weighted by atomic mass is 10.1. The summed E-state index contributed by atoms with van der Waals surface area (Å²) in [6.45, 7) is -0.229. The summed E-state index contributed by atoms with van der Waals surface area (Å²) in [5, 5.41) is 10.4. The molecule has 0 radical (unpaired) electrons. The Morgan fingerprint density at radius 1 is 1.35 bits per heavy atom. The summed E-state index contributed by atoms with van der Waals surface area (Å²) in [5.41, 5.74) is 0.274. The molecule has 1 N–H and O–H groups in total. The Hall–Kier alpha value is -1.95. The number of alkyl halides is 2. The Balaban J connectivity index is 2.32. The molecule has 0 saturated carbocycles. The lowest BCUT2D eigenvalue weighted by Crippen LogP contribution is -2.12. The van der Waals surface area contributed by atoms with E-state index in [4.69, 9.17) is 0 Å². The van der Waals surface area contributed by atoms with Crippen molar-refractivity contribution >= 4 is 0 Å². The van der Waals surface area contributed by atoms with E-state index in [0.29, 0.717) is 12.4 Å². The molecule has 6 heteroatoms. The molecule has 0 saturated heterocycles. The molecule has 0 amide bonds. The predicted molar refractivity (Wildman–Crippen MR) is 69.7 cm³/mol. The Kier molecular flexibility index (Phi) is 4.68. The highest BCUT2D eigenvalue weighted by atomic mass is 19.3. The van der Waals surface area contributed by atoms with E-state index >= 15 is 0 Å². The normalized spacial score (nSPS) is 12.7. The summed E-state index contributed by atoms with van der Waals surface area (Å²) in [4.78, 5) is 4.10. The number of imidazole rings is 1. The van der Waals surface area contributed by atoms with Gasteiger partial charge in [0.2, 0.25) is 0 Å². The van der Waals surface area contributed by atoms with Crippen molar-refractivity contribution in [2.24, 2.45) is 0 Å². The molecule has 1 atom stereocenters. The largest absolute Gasteiger partial charge is 0.434 e. The molecule has 1 unspecified atom stereocenters. The first-order valence-electron chi connectivity index (χ1n) is 6.36. The van der Waals surface area contributed by atoms with Crippen LogP contribution in [0.2, 0.25) is 0 Å². The van der Waals surface area contributed by atoms with Crippen molar-refractivity contribution < 1.29 is 18.6 Å². The monoisotopic (exact) mass is 282 g/mol. The summed E-state index contributed by atoms with van der Waals surface area (Å²) in [7, 11) is 0. The molecule has 0 spiro atoms. The zero-order chi connectivity index (χ0) is 14.5. The first kappa shape index (κ1) is 14.5. The minimum Gasteiger partial charge on any atom is -0.434 e. The Morgan fingerprint density at radius 2 is 2.10 bits per heavy atom. The van der Waals surface area contributed by atoms with Crippen molar-refractivity contribution in [3.05, 3.63) is 48.0 Å². The Labute approximate surface area is 115 Å². The summed E-state index contributed by atoms with van der Waals surface area (Å²) < 4.78 is 31.0. The minimum atomic E-state index is -2.93. The molecule has 1 aromatic heterocycles. The van der Waals surface area contributed by atoms with E-state index in [1.807, 2.05) is 6.92 Å². The van der Waals surface area contributed by atoms with Gasteiger partial charge in [0, 0.05) is 24.5 Å². The zero-order valence-electron chi connectivity index (χ0n) is 11.0. The number of para-hydroxylation sites is 1. The lowest BCUT2D eigenvalue weighted by Gasteiger charge is -2.16. The highest BCUT2D eigenvalue weighted by molar-refractivity contribution is 5.37. The number of aliphatic hydroxyl groups excluding tert-OH is 1. The molecule has 0 bridgehead atoms. The summed E-state index contributed by atoms with van der Waals surface area (Å²) >= 11 is 0. The molecular formula is C14H16F2N2O2. The maximum absolute atomic E-state index is 12.4. The number of halogens is 2. The molecule has 4 nitrogen and oxygen atoms in total. The van der Waals surface area contributed by atoms with E-state index in [0.717, 1.165) is 6.42 Å². The molecule has 1 aromatic carbocycles. The van der Waals surface area contributed by atoms with E-state index in [1.54, 1.807) is 35.2 Å². The molecule has 2 aromatic rings. The summed E-state index contributed by atoms with van der Waals surface area (Å²) in [6.07, 6.45) is 3.10. The second-order valence-corrected chi connectivity index (χ2v) is 4.30. The van der Waals surface area contributed by atoms with Crippen molar-refractivity contribution in [1.82, 2.24) is 9.55 Å². The first-order valence-corrected chi connectivity index (χ1v) is 6.36. The van der Waals surface area contributed by atoms with Gasteiger partial charge >= 0.3 is 6.61 Å². The van der Waals surface area contributed by atoms with Gasteiger partial charge in [0.1, 0.15) is 17.7 Å². The van der Waals surface area contributed by atoms with Gasteiger partial charge in [-0.05, 0) is 12.5 Å². The van der Waals surface area contributed by atoms with Crippen LogP contribution in [0.1, 0.15) is 30.8 Å². The fourth-order valence-electron chi connectivity index (χ4n) is 2.05. The van der Waals surface area contributed by atoms with Crippen LogP contribution in [0.5, 0.6) is 5.75 Å². The molecule has 0 fully saturated rings. The van der Waals surface area contributed by atoms with Crippen LogP contribution in [0, 0.1) is 0 Å². The molecule has 20 heavy (non-hydrogen) atoms. The second-order valence-electron chi connectivity index (χ2n) is 4.30. The first-order chi connectivity index (χ1) is 9.63.